The van der Waals surface area contributed by atoms with Gasteiger partial charge in [0.25, 0.3) is 0 Å². The van der Waals surface area contributed by atoms with E-state index in [0.29, 0.717) is 11.0 Å². The maximum absolute atomic E-state index is 4.86. The Kier molecular flexibility index (Phi) is 4.30. The Morgan fingerprint density at radius 3 is 2.61 bits per heavy atom. The van der Waals surface area contributed by atoms with Crippen LogP contribution in [0.4, 0.5) is 0 Å². The molecule has 0 aliphatic heterocycles. The lowest BCUT2D eigenvalue weighted by Gasteiger charge is -2.07. The second-order valence-electron chi connectivity index (χ2n) is 5.98. The molecular weight excluding hydrogens is 390 g/mol. The fraction of sp³-hybridized carbons (Fsp3) is 0.0526. The van der Waals surface area contributed by atoms with Crippen LogP contribution < -0.4 is 0 Å². The molecule has 0 fully saturated rings. The predicted octanol–water partition coefficient (Wildman–Crippen LogP) is 4.10. The van der Waals surface area contributed by atoms with E-state index < -0.39 is 0 Å². The lowest BCUT2D eigenvalue weighted by Crippen LogP contribution is -1.96. The van der Waals surface area contributed by atoms with Crippen molar-refractivity contribution in [3.8, 4) is 22.5 Å². The van der Waals surface area contributed by atoms with Crippen LogP contribution in [-0.4, -0.2) is 35.2 Å². The summed E-state index contributed by atoms with van der Waals surface area (Å²) >= 11 is 3.04. The summed E-state index contributed by atoms with van der Waals surface area (Å²) in [5, 5.41) is 16.4. The van der Waals surface area contributed by atoms with Gasteiger partial charge < -0.3 is 0 Å². The van der Waals surface area contributed by atoms with Crippen LogP contribution in [0.2, 0.25) is 0 Å². The topological polar surface area (TPSA) is 82.3 Å². The molecule has 0 unspecified atom stereocenters. The normalized spacial score (nSPS) is 11.2. The maximum atomic E-state index is 4.86. The highest BCUT2D eigenvalue weighted by Crippen LogP contribution is 2.40. The van der Waals surface area contributed by atoms with Gasteiger partial charge in [-0.2, -0.15) is 0 Å². The highest BCUT2D eigenvalue weighted by molar-refractivity contribution is 7.99. The molecule has 4 aromatic heterocycles. The maximum Gasteiger partial charge on any atom is 0.215 e. The minimum Gasteiger partial charge on any atom is -0.264 e. The summed E-state index contributed by atoms with van der Waals surface area (Å²) in [6.45, 7) is 0. The first-order valence-corrected chi connectivity index (χ1v) is 10.1. The Morgan fingerprint density at radius 2 is 1.86 bits per heavy atom. The number of hydrogen-bond donors (Lipinski definition) is 0. The molecule has 136 valence electrons. The fourth-order valence-corrected chi connectivity index (χ4v) is 4.70. The number of fused-ring (bicyclic) bond motifs is 1. The Morgan fingerprint density at radius 1 is 1.00 bits per heavy atom. The lowest BCUT2D eigenvalue weighted by molar-refractivity contribution is 0.664. The van der Waals surface area contributed by atoms with Crippen molar-refractivity contribution < 1.29 is 0 Å². The molecule has 7 nitrogen and oxygen atoms in total. The SMILES string of the molecule is Cn1nnnc1Sc1nc(-c2cccnc2)nc2scc(-c3ccccc3)c12. The van der Waals surface area contributed by atoms with Crippen LogP contribution >= 0.6 is 23.1 Å². The third-order valence-corrected chi connectivity index (χ3v) is 6.06. The van der Waals surface area contributed by atoms with Gasteiger partial charge in [-0.25, -0.2) is 14.6 Å². The average molecular weight is 403 g/mol. The third kappa shape index (κ3) is 3.04. The third-order valence-electron chi connectivity index (χ3n) is 4.17. The van der Waals surface area contributed by atoms with Crippen LogP contribution in [-0.2, 0) is 7.05 Å². The first-order valence-electron chi connectivity index (χ1n) is 8.45. The summed E-state index contributed by atoms with van der Waals surface area (Å²) in [5.41, 5.74) is 3.11. The van der Waals surface area contributed by atoms with Gasteiger partial charge in [0.15, 0.2) is 5.82 Å². The van der Waals surface area contributed by atoms with Gasteiger partial charge in [-0.3, -0.25) is 4.98 Å². The van der Waals surface area contributed by atoms with Crippen LogP contribution in [0.5, 0.6) is 0 Å². The molecule has 0 bridgehead atoms. The molecule has 0 saturated carbocycles. The number of rotatable bonds is 4. The van der Waals surface area contributed by atoms with Crippen molar-refractivity contribution in [3.63, 3.8) is 0 Å². The number of benzene rings is 1. The molecule has 0 radical (unpaired) electrons. The number of hydrogen-bond acceptors (Lipinski definition) is 8. The highest BCUT2D eigenvalue weighted by atomic mass is 32.2. The van der Waals surface area contributed by atoms with Crippen molar-refractivity contribution in [2.45, 2.75) is 10.2 Å². The molecule has 5 aromatic rings. The van der Waals surface area contributed by atoms with Crippen LogP contribution in [0, 0.1) is 0 Å². The number of aryl methyl sites for hydroxylation is 1. The zero-order valence-corrected chi connectivity index (χ0v) is 16.4. The van der Waals surface area contributed by atoms with Crippen molar-refractivity contribution in [2.75, 3.05) is 0 Å². The van der Waals surface area contributed by atoms with Gasteiger partial charge in [0.2, 0.25) is 5.16 Å². The van der Waals surface area contributed by atoms with Crippen LogP contribution in [0.15, 0.2) is 70.4 Å². The summed E-state index contributed by atoms with van der Waals surface area (Å²) < 4.78 is 1.64. The summed E-state index contributed by atoms with van der Waals surface area (Å²) in [7, 11) is 1.81. The first kappa shape index (κ1) is 17.0. The van der Waals surface area contributed by atoms with E-state index in [2.05, 4.69) is 38.0 Å². The Labute approximate surface area is 168 Å². The largest absolute Gasteiger partial charge is 0.264 e. The molecule has 0 amide bonds. The molecule has 0 spiro atoms. The molecule has 5 rings (SSSR count). The van der Waals surface area contributed by atoms with E-state index in [9.17, 15) is 0 Å². The number of aromatic nitrogens is 7. The predicted molar refractivity (Wildman–Crippen MR) is 109 cm³/mol. The average Bonchev–Trinajstić information content (AvgIpc) is 3.36. The smallest absolute Gasteiger partial charge is 0.215 e. The zero-order chi connectivity index (χ0) is 18.9. The standard InChI is InChI=1S/C19H13N7S2/c1-26-19(23-24-25-26)28-18-15-14(12-6-3-2-4-7-12)11-27-17(15)21-16(22-18)13-8-5-9-20-10-13/h2-11H,1H3. The van der Waals surface area contributed by atoms with Gasteiger partial charge in [-0.05, 0) is 39.9 Å². The molecule has 0 N–H and O–H groups in total. The van der Waals surface area contributed by atoms with Crippen LogP contribution in [0.3, 0.4) is 0 Å². The number of tetrazole rings is 1. The number of pyridine rings is 1. The monoisotopic (exact) mass is 403 g/mol. The summed E-state index contributed by atoms with van der Waals surface area (Å²) in [6.07, 6.45) is 3.51. The second kappa shape index (κ2) is 7.10. The van der Waals surface area contributed by atoms with Gasteiger partial charge >= 0.3 is 0 Å². The molecule has 0 atom stereocenters. The summed E-state index contributed by atoms with van der Waals surface area (Å²) in [6, 6.07) is 14.1. The second-order valence-corrected chi connectivity index (χ2v) is 7.79. The molecule has 1 aromatic carbocycles. The van der Waals surface area contributed by atoms with Gasteiger partial charge in [-0.1, -0.05) is 30.3 Å². The van der Waals surface area contributed by atoms with Crippen molar-refractivity contribution in [1.82, 2.24) is 35.2 Å². The quantitative estimate of drug-likeness (QED) is 0.418. The minimum atomic E-state index is 0.639. The summed E-state index contributed by atoms with van der Waals surface area (Å²) in [4.78, 5) is 14.8. The van der Waals surface area contributed by atoms with E-state index in [1.54, 1.807) is 28.4 Å². The Hall–Kier alpha value is -3.17. The molecule has 4 heterocycles. The van der Waals surface area contributed by atoms with E-state index in [1.807, 2.05) is 37.4 Å². The van der Waals surface area contributed by atoms with E-state index in [-0.39, 0.29) is 0 Å². The molecule has 28 heavy (non-hydrogen) atoms. The first-order chi connectivity index (χ1) is 13.8. The molecule has 9 heteroatoms. The fourth-order valence-electron chi connectivity index (χ4n) is 2.83. The van der Waals surface area contributed by atoms with Crippen molar-refractivity contribution in [3.05, 3.63) is 60.2 Å². The Balaban J connectivity index is 1.74. The van der Waals surface area contributed by atoms with E-state index in [4.69, 9.17) is 9.97 Å². The molecule has 0 aliphatic carbocycles. The summed E-state index contributed by atoms with van der Waals surface area (Å²) in [5.74, 6) is 0.639. The minimum absolute atomic E-state index is 0.639. The van der Waals surface area contributed by atoms with Crippen molar-refractivity contribution >= 4 is 33.3 Å². The zero-order valence-electron chi connectivity index (χ0n) is 14.7. The highest BCUT2D eigenvalue weighted by Gasteiger charge is 2.19. The number of thiophene rings is 1. The van der Waals surface area contributed by atoms with Gasteiger partial charge in [0.1, 0.15) is 9.86 Å². The lowest BCUT2D eigenvalue weighted by atomic mass is 10.1. The molecular formula is C19H13N7S2. The Bertz CT molecular complexity index is 1250. The van der Waals surface area contributed by atoms with E-state index in [1.165, 1.54) is 11.8 Å². The van der Waals surface area contributed by atoms with Gasteiger partial charge in [0, 0.05) is 35.9 Å². The van der Waals surface area contributed by atoms with Crippen LogP contribution in [0.25, 0.3) is 32.7 Å². The van der Waals surface area contributed by atoms with Crippen molar-refractivity contribution in [1.29, 1.82) is 0 Å². The van der Waals surface area contributed by atoms with Gasteiger partial charge in [0.05, 0.1) is 5.39 Å². The van der Waals surface area contributed by atoms with E-state index in [0.717, 1.165) is 31.9 Å². The van der Waals surface area contributed by atoms with E-state index >= 15 is 0 Å². The molecule has 0 aliphatic rings. The van der Waals surface area contributed by atoms with Crippen molar-refractivity contribution in [2.24, 2.45) is 7.05 Å². The molecule has 0 saturated heterocycles. The van der Waals surface area contributed by atoms with Gasteiger partial charge in [-0.15, -0.1) is 16.4 Å². The van der Waals surface area contributed by atoms with Crippen LogP contribution in [0.1, 0.15) is 0 Å². The number of nitrogens with zero attached hydrogens (tertiary/aromatic N) is 7.